The molecule has 0 spiro atoms. The molecule has 0 amide bonds. The maximum atomic E-state index is 14.0. The van der Waals surface area contributed by atoms with E-state index in [-0.39, 0.29) is 5.82 Å². The van der Waals surface area contributed by atoms with E-state index in [4.69, 9.17) is 4.74 Å². The number of benzene rings is 3. The minimum Gasteiger partial charge on any atom is -0.495 e. The number of hydrogen-bond acceptors (Lipinski definition) is 3. The first-order valence-electron chi connectivity index (χ1n) is 8.91. The summed E-state index contributed by atoms with van der Waals surface area (Å²) in [5, 5.41) is 1.97. The molecule has 4 rings (SSSR count). The van der Waals surface area contributed by atoms with Gasteiger partial charge in [-0.05, 0) is 23.6 Å². The number of nitrogens with zero attached hydrogens (tertiary/aromatic N) is 2. The van der Waals surface area contributed by atoms with Crippen LogP contribution >= 0.6 is 0 Å². The molecule has 0 bridgehead atoms. The Bertz CT molecular complexity index is 987. The molecule has 27 heavy (non-hydrogen) atoms. The van der Waals surface area contributed by atoms with E-state index in [1.54, 1.807) is 19.2 Å². The van der Waals surface area contributed by atoms with E-state index in [2.05, 4.69) is 0 Å². The van der Waals surface area contributed by atoms with Crippen LogP contribution in [-0.2, 0) is 11.0 Å². The molecule has 3 aromatic rings. The number of hydrogen-bond donors (Lipinski definition) is 0. The Morgan fingerprint density at radius 2 is 1.63 bits per heavy atom. The Balaban J connectivity index is 1.58. The first-order chi connectivity index (χ1) is 13.2. The number of methoxy groups -OCH3 is 1. The van der Waals surface area contributed by atoms with Gasteiger partial charge in [-0.2, -0.15) is 0 Å². The van der Waals surface area contributed by atoms with Gasteiger partial charge in [-0.1, -0.05) is 42.5 Å². The molecule has 0 radical (unpaired) electrons. The van der Waals surface area contributed by atoms with Gasteiger partial charge >= 0.3 is 0 Å². The van der Waals surface area contributed by atoms with Crippen molar-refractivity contribution < 1.29 is 13.3 Å². The van der Waals surface area contributed by atoms with Gasteiger partial charge in [0.15, 0.2) is 0 Å². The molecule has 0 aliphatic carbocycles. The van der Waals surface area contributed by atoms with E-state index in [0.717, 1.165) is 10.8 Å². The van der Waals surface area contributed by atoms with Crippen LogP contribution in [0.2, 0.25) is 0 Å². The Kier molecular flexibility index (Phi) is 5.09. The molecule has 0 aromatic heterocycles. The van der Waals surface area contributed by atoms with Gasteiger partial charge in [0.2, 0.25) is 0 Å². The minimum absolute atomic E-state index is 0.220. The van der Waals surface area contributed by atoms with E-state index < -0.39 is 11.0 Å². The van der Waals surface area contributed by atoms with Gasteiger partial charge < -0.3 is 9.64 Å². The van der Waals surface area contributed by atoms with Crippen molar-refractivity contribution in [3.8, 4) is 5.75 Å². The molecule has 0 N–H and O–H groups in total. The molecule has 1 saturated heterocycles. The van der Waals surface area contributed by atoms with Crippen LogP contribution in [0, 0.1) is 5.82 Å². The number of piperazine rings is 1. The highest BCUT2D eigenvalue weighted by atomic mass is 32.2. The second kappa shape index (κ2) is 7.66. The van der Waals surface area contributed by atoms with Crippen LogP contribution in [0.15, 0.2) is 65.6 Å². The van der Waals surface area contributed by atoms with Gasteiger partial charge in [0, 0.05) is 31.6 Å². The van der Waals surface area contributed by atoms with E-state index in [1.165, 1.54) is 6.07 Å². The number of anilines is 1. The number of ether oxygens (including phenoxy) is 1. The Labute approximate surface area is 160 Å². The molecule has 1 heterocycles. The van der Waals surface area contributed by atoms with Crippen LogP contribution in [-0.4, -0.2) is 41.8 Å². The van der Waals surface area contributed by atoms with Crippen molar-refractivity contribution in [2.75, 3.05) is 38.2 Å². The quantitative estimate of drug-likeness (QED) is 0.685. The third-order valence-corrected chi connectivity index (χ3v) is 6.51. The predicted octanol–water partition coefficient (Wildman–Crippen LogP) is 3.83. The van der Waals surface area contributed by atoms with Crippen LogP contribution < -0.4 is 9.64 Å². The van der Waals surface area contributed by atoms with Crippen molar-refractivity contribution in [3.05, 3.63) is 66.5 Å². The lowest BCUT2D eigenvalue weighted by Gasteiger charge is -2.35. The van der Waals surface area contributed by atoms with Crippen LogP contribution in [0.25, 0.3) is 10.8 Å². The largest absolute Gasteiger partial charge is 0.495 e. The molecule has 1 atom stereocenters. The second-order valence-electron chi connectivity index (χ2n) is 6.43. The normalized spacial score (nSPS) is 16.4. The van der Waals surface area contributed by atoms with Crippen molar-refractivity contribution in [3.63, 3.8) is 0 Å². The number of fused-ring (bicyclic) bond motifs is 1. The van der Waals surface area contributed by atoms with Gasteiger partial charge in [-0.25, -0.2) is 12.9 Å². The van der Waals surface area contributed by atoms with Gasteiger partial charge in [0.05, 0.1) is 12.8 Å². The molecule has 0 saturated carbocycles. The summed E-state index contributed by atoms with van der Waals surface area (Å²) in [6.07, 6.45) is 0. The molecule has 3 aromatic carbocycles. The van der Waals surface area contributed by atoms with E-state index >= 15 is 0 Å². The molecule has 0 unspecified atom stereocenters. The maximum Gasteiger partial charge on any atom is 0.146 e. The summed E-state index contributed by atoms with van der Waals surface area (Å²) in [5.74, 6) is 0.409. The lowest BCUT2D eigenvalue weighted by molar-refractivity contribution is 0.393. The highest BCUT2D eigenvalue weighted by molar-refractivity contribution is 7.83. The molecule has 1 aliphatic heterocycles. The average Bonchev–Trinajstić information content (AvgIpc) is 2.73. The van der Waals surface area contributed by atoms with Gasteiger partial charge in [0.25, 0.3) is 0 Å². The molecule has 4 nitrogen and oxygen atoms in total. The summed E-state index contributed by atoms with van der Waals surface area (Å²) in [6.45, 7) is 2.43. The summed E-state index contributed by atoms with van der Waals surface area (Å²) in [7, 11) is 0.254. The molecule has 140 valence electrons. The van der Waals surface area contributed by atoms with Crippen LogP contribution in [0.3, 0.4) is 0 Å². The second-order valence-corrected chi connectivity index (χ2v) is 7.86. The number of para-hydroxylation sites is 1. The summed E-state index contributed by atoms with van der Waals surface area (Å²) in [4.78, 5) is 2.71. The zero-order valence-electron chi connectivity index (χ0n) is 15.1. The zero-order chi connectivity index (χ0) is 18.8. The highest BCUT2D eigenvalue weighted by Gasteiger charge is 2.26. The average molecular weight is 384 g/mol. The van der Waals surface area contributed by atoms with Crippen molar-refractivity contribution in [1.82, 2.24) is 4.31 Å². The van der Waals surface area contributed by atoms with Crippen molar-refractivity contribution in [1.29, 1.82) is 0 Å². The Hall–Kier alpha value is -2.44. The SMILES string of the molecule is COc1ccc2ccccc2c1[S@@](=O)N1CCN(c2ccccc2F)CC1. The summed E-state index contributed by atoms with van der Waals surface area (Å²) in [6, 6.07) is 18.5. The summed E-state index contributed by atoms with van der Waals surface area (Å²) < 4.78 is 34.8. The first-order valence-corrected chi connectivity index (χ1v) is 10.0. The van der Waals surface area contributed by atoms with E-state index in [1.807, 2.05) is 51.7 Å². The molecular formula is C21H21FN2O2S. The fourth-order valence-corrected chi connectivity index (χ4v) is 4.95. The fraction of sp³-hybridized carbons (Fsp3) is 0.238. The monoisotopic (exact) mass is 384 g/mol. The Morgan fingerprint density at radius 1 is 0.926 bits per heavy atom. The smallest absolute Gasteiger partial charge is 0.146 e. The number of halogens is 1. The molecule has 1 aliphatic rings. The maximum absolute atomic E-state index is 14.0. The topological polar surface area (TPSA) is 32.8 Å². The summed E-state index contributed by atoms with van der Waals surface area (Å²) in [5.41, 5.74) is 0.602. The van der Waals surface area contributed by atoms with Gasteiger partial charge in [0.1, 0.15) is 27.4 Å². The summed E-state index contributed by atoms with van der Waals surface area (Å²) >= 11 is 0. The van der Waals surface area contributed by atoms with Crippen LogP contribution in [0.1, 0.15) is 0 Å². The van der Waals surface area contributed by atoms with Crippen LogP contribution in [0.5, 0.6) is 5.75 Å². The van der Waals surface area contributed by atoms with Crippen LogP contribution in [0.4, 0.5) is 10.1 Å². The molecular weight excluding hydrogens is 363 g/mol. The van der Waals surface area contributed by atoms with Gasteiger partial charge in [-0.3, -0.25) is 0 Å². The Morgan fingerprint density at radius 3 is 2.37 bits per heavy atom. The van der Waals surface area contributed by atoms with Gasteiger partial charge in [-0.15, -0.1) is 0 Å². The third-order valence-electron chi connectivity index (χ3n) is 4.90. The molecule has 6 heteroatoms. The standard InChI is InChI=1S/C21H21FN2O2S/c1-26-20-11-10-16-6-2-3-7-17(16)21(20)27(25)24-14-12-23(13-15-24)19-9-5-4-8-18(19)22/h2-11H,12-15H2,1H3/t27-/m1/s1. The first kappa shape index (κ1) is 17.9. The highest BCUT2D eigenvalue weighted by Crippen LogP contribution is 2.33. The fourth-order valence-electron chi connectivity index (χ4n) is 3.50. The lowest BCUT2D eigenvalue weighted by atomic mass is 10.1. The molecule has 1 fully saturated rings. The van der Waals surface area contributed by atoms with Crippen molar-refractivity contribution in [2.45, 2.75) is 4.90 Å². The minimum atomic E-state index is -1.34. The predicted molar refractivity (Wildman–Crippen MR) is 107 cm³/mol. The van der Waals surface area contributed by atoms with Crippen molar-refractivity contribution in [2.24, 2.45) is 0 Å². The zero-order valence-corrected chi connectivity index (χ0v) is 15.9. The van der Waals surface area contributed by atoms with Crippen molar-refractivity contribution >= 4 is 27.4 Å². The van der Waals surface area contributed by atoms with E-state index in [0.29, 0.717) is 42.5 Å². The lowest BCUT2D eigenvalue weighted by Crippen LogP contribution is -2.47. The third kappa shape index (κ3) is 3.42. The number of rotatable bonds is 4. The van der Waals surface area contributed by atoms with E-state index in [9.17, 15) is 8.60 Å².